The standard InChI is InChI=1S/C16H23O3/c17-15-11-7-12-16(19-15)18-13-6-2-5-10-14-8-3-1-4-9-14/h1,3-4,8-9,15-16H,2,5-7,10-13H2. The van der Waals surface area contributed by atoms with E-state index in [9.17, 15) is 5.11 Å². The Morgan fingerprint density at radius 2 is 1.95 bits per heavy atom. The lowest BCUT2D eigenvalue weighted by Gasteiger charge is -2.25. The third kappa shape index (κ3) is 5.72. The first-order valence-corrected chi connectivity index (χ1v) is 7.31. The molecule has 2 unspecified atom stereocenters. The van der Waals surface area contributed by atoms with Crippen molar-refractivity contribution in [1.82, 2.24) is 0 Å². The lowest BCUT2D eigenvalue weighted by Crippen LogP contribution is -2.28. The fourth-order valence-electron chi connectivity index (χ4n) is 2.35. The second-order valence-electron chi connectivity index (χ2n) is 5.09. The molecule has 1 fully saturated rings. The molecule has 0 aliphatic carbocycles. The van der Waals surface area contributed by atoms with Crippen molar-refractivity contribution in [2.45, 2.75) is 57.5 Å². The largest absolute Gasteiger partial charge is 0.353 e. The third-order valence-corrected chi connectivity index (χ3v) is 3.44. The van der Waals surface area contributed by atoms with Crippen molar-refractivity contribution in [2.75, 3.05) is 6.61 Å². The molecule has 0 amide bonds. The summed E-state index contributed by atoms with van der Waals surface area (Å²) < 4.78 is 10.8. The van der Waals surface area contributed by atoms with Gasteiger partial charge in [-0.3, -0.25) is 0 Å². The van der Waals surface area contributed by atoms with Gasteiger partial charge in [0, 0.05) is 13.0 Å². The maximum atomic E-state index is 11.1. The van der Waals surface area contributed by atoms with Crippen LogP contribution in [0.5, 0.6) is 0 Å². The predicted molar refractivity (Wildman–Crippen MR) is 73.1 cm³/mol. The van der Waals surface area contributed by atoms with E-state index in [0.717, 1.165) is 32.1 Å². The zero-order chi connectivity index (χ0) is 13.3. The van der Waals surface area contributed by atoms with Crippen LogP contribution in [0, 0.1) is 0 Å². The van der Waals surface area contributed by atoms with Crippen molar-refractivity contribution in [2.24, 2.45) is 0 Å². The molecule has 105 valence electrons. The first kappa shape index (κ1) is 14.5. The molecule has 0 spiro atoms. The van der Waals surface area contributed by atoms with Gasteiger partial charge in [0.1, 0.15) is 0 Å². The molecule has 1 saturated heterocycles. The van der Waals surface area contributed by atoms with Crippen LogP contribution in [0.2, 0.25) is 0 Å². The zero-order valence-electron chi connectivity index (χ0n) is 11.4. The van der Waals surface area contributed by atoms with Crippen LogP contribution in [0.4, 0.5) is 0 Å². The Kier molecular flexibility index (Phi) is 6.34. The van der Waals surface area contributed by atoms with Crippen LogP contribution in [0.3, 0.4) is 0 Å². The van der Waals surface area contributed by atoms with Crippen LogP contribution < -0.4 is 0 Å². The van der Waals surface area contributed by atoms with Crippen molar-refractivity contribution in [3.8, 4) is 0 Å². The van der Waals surface area contributed by atoms with Crippen LogP contribution in [0.15, 0.2) is 30.3 Å². The van der Waals surface area contributed by atoms with E-state index < -0.39 is 6.29 Å². The van der Waals surface area contributed by atoms with Crippen molar-refractivity contribution < 1.29 is 14.6 Å². The quantitative estimate of drug-likeness (QED) is 0.703. The Labute approximate surface area is 115 Å². The summed E-state index contributed by atoms with van der Waals surface area (Å²) in [5.74, 6) is 0. The number of rotatable bonds is 7. The smallest absolute Gasteiger partial charge is 0.194 e. The predicted octanol–water partition coefficient (Wildman–Crippen LogP) is 3.70. The van der Waals surface area contributed by atoms with E-state index in [2.05, 4.69) is 24.3 Å². The van der Waals surface area contributed by atoms with Gasteiger partial charge in [0.2, 0.25) is 0 Å². The minimum absolute atomic E-state index is 0.259. The van der Waals surface area contributed by atoms with E-state index in [1.165, 1.54) is 12.0 Å². The average Bonchev–Trinajstić information content (AvgIpc) is 2.44. The second-order valence-corrected chi connectivity index (χ2v) is 5.09. The molecule has 0 saturated carbocycles. The first-order valence-electron chi connectivity index (χ1n) is 7.31. The number of unbranched alkanes of at least 4 members (excludes halogenated alkanes) is 2. The van der Waals surface area contributed by atoms with Crippen LogP contribution in [-0.2, 0) is 21.0 Å². The molecule has 2 rings (SSSR count). The molecule has 19 heavy (non-hydrogen) atoms. The lowest BCUT2D eigenvalue weighted by atomic mass is 10.1. The van der Waals surface area contributed by atoms with Crippen molar-refractivity contribution >= 4 is 0 Å². The molecule has 3 heteroatoms. The normalized spacial score (nSPS) is 23.4. The molecule has 2 atom stereocenters. The number of aryl methyl sites for hydroxylation is 1. The van der Waals surface area contributed by atoms with Crippen molar-refractivity contribution in [3.05, 3.63) is 35.9 Å². The van der Waals surface area contributed by atoms with E-state index in [1.807, 2.05) is 6.07 Å². The van der Waals surface area contributed by atoms with Gasteiger partial charge in [-0.1, -0.05) is 36.8 Å². The van der Waals surface area contributed by atoms with Crippen LogP contribution in [0.25, 0.3) is 0 Å². The summed E-state index contributed by atoms with van der Waals surface area (Å²) in [5, 5.41) is 11.1. The van der Waals surface area contributed by atoms with Gasteiger partial charge in [-0.2, -0.15) is 0 Å². The Hall–Kier alpha value is -0.900. The Bertz CT molecular complexity index is 339. The summed E-state index contributed by atoms with van der Waals surface area (Å²) >= 11 is 0. The fourth-order valence-corrected chi connectivity index (χ4v) is 2.35. The Balaban J connectivity index is 1.48. The van der Waals surface area contributed by atoms with Crippen molar-refractivity contribution in [1.29, 1.82) is 0 Å². The highest BCUT2D eigenvalue weighted by Crippen LogP contribution is 2.18. The van der Waals surface area contributed by atoms with Crippen LogP contribution in [0.1, 0.15) is 44.1 Å². The SMILES string of the molecule is [O]C1CCCC(OCCCCCc2ccccc2)O1. The van der Waals surface area contributed by atoms with E-state index >= 15 is 0 Å². The first-order chi connectivity index (χ1) is 9.34. The Morgan fingerprint density at radius 1 is 1.11 bits per heavy atom. The maximum Gasteiger partial charge on any atom is 0.194 e. The molecule has 1 aromatic rings. The van der Waals surface area contributed by atoms with E-state index in [1.54, 1.807) is 0 Å². The third-order valence-electron chi connectivity index (χ3n) is 3.44. The van der Waals surface area contributed by atoms with Gasteiger partial charge in [0.15, 0.2) is 12.6 Å². The van der Waals surface area contributed by atoms with Gasteiger partial charge >= 0.3 is 0 Å². The molecule has 0 bridgehead atoms. The summed E-state index contributed by atoms with van der Waals surface area (Å²) in [6.45, 7) is 0.701. The summed E-state index contributed by atoms with van der Waals surface area (Å²) in [4.78, 5) is 0. The molecule has 0 N–H and O–H groups in total. The molecular weight excluding hydrogens is 240 g/mol. The molecule has 3 nitrogen and oxygen atoms in total. The fraction of sp³-hybridized carbons (Fsp3) is 0.625. The second kappa shape index (κ2) is 8.31. The molecular formula is C16H23O3. The average molecular weight is 263 g/mol. The summed E-state index contributed by atoms with van der Waals surface area (Å²) in [5.41, 5.74) is 1.40. The number of benzene rings is 1. The lowest BCUT2D eigenvalue weighted by molar-refractivity contribution is -0.269. The van der Waals surface area contributed by atoms with Gasteiger partial charge < -0.3 is 9.47 Å². The van der Waals surface area contributed by atoms with Crippen LogP contribution in [-0.4, -0.2) is 19.2 Å². The topological polar surface area (TPSA) is 38.4 Å². The van der Waals surface area contributed by atoms with Gasteiger partial charge in [-0.25, -0.2) is 5.11 Å². The van der Waals surface area contributed by atoms with E-state index in [0.29, 0.717) is 13.0 Å². The van der Waals surface area contributed by atoms with Gasteiger partial charge in [0.05, 0.1) is 0 Å². The molecule has 1 radical (unpaired) electrons. The van der Waals surface area contributed by atoms with E-state index in [4.69, 9.17) is 9.47 Å². The summed E-state index contributed by atoms with van der Waals surface area (Å²) in [7, 11) is 0. The number of ether oxygens (including phenoxy) is 2. The molecule has 0 aromatic heterocycles. The number of hydrogen-bond donors (Lipinski definition) is 0. The Morgan fingerprint density at radius 3 is 2.74 bits per heavy atom. The highest BCUT2D eigenvalue weighted by Gasteiger charge is 2.21. The maximum absolute atomic E-state index is 11.1. The minimum Gasteiger partial charge on any atom is -0.353 e. The zero-order valence-corrected chi connectivity index (χ0v) is 11.4. The summed E-state index contributed by atoms with van der Waals surface area (Å²) in [6, 6.07) is 10.5. The minimum atomic E-state index is -0.878. The molecule has 1 aliphatic heterocycles. The van der Waals surface area contributed by atoms with Gasteiger partial charge in [-0.05, 0) is 37.7 Å². The van der Waals surface area contributed by atoms with Gasteiger partial charge in [0.25, 0.3) is 0 Å². The highest BCUT2D eigenvalue weighted by molar-refractivity contribution is 5.14. The van der Waals surface area contributed by atoms with E-state index in [-0.39, 0.29) is 6.29 Å². The molecule has 1 heterocycles. The molecule has 1 aromatic carbocycles. The summed E-state index contributed by atoms with van der Waals surface area (Å²) in [6.07, 6.45) is 5.78. The number of hydrogen-bond acceptors (Lipinski definition) is 2. The molecule has 1 aliphatic rings. The monoisotopic (exact) mass is 263 g/mol. The van der Waals surface area contributed by atoms with Gasteiger partial charge in [-0.15, -0.1) is 0 Å². The highest BCUT2D eigenvalue weighted by atomic mass is 16.7. The van der Waals surface area contributed by atoms with Crippen LogP contribution >= 0.6 is 0 Å². The van der Waals surface area contributed by atoms with Crippen molar-refractivity contribution in [3.63, 3.8) is 0 Å².